The third-order valence-corrected chi connectivity index (χ3v) is 4.75. The van der Waals surface area contributed by atoms with Gasteiger partial charge < -0.3 is 15.0 Å². The van der Waals surface area contributed by atoms with Gasteiger partial charge in [0, 0.05) is 13.0 Å². The molecule has 2 aromatic rings. The summed E-state index contributed by atoms with van der Waals surface area (Å²) in [5.74, 6) is 0.848. The van der Waals surface area contributed by atoms with Gasteiger partial charge in [-0.05, 0) is 18.6 Å². The van der Waals surface area contributed by atoms with Gasteiger partial charge in [0.15, 0.2) is 0 Å². The second kappa shape index (κ2) is 7.41. The number of para-hydroxylation sites is 1. The fourth-order valence-corrected chi connectivity index (χ4v) is 3.19. The van der Waals surface area contributed by atoms with Gasteiger partial charge in [-0.1, -0.05) is 36.5 Å². The van der Waals surface area contributed by atoms with Gasteiger partial charge in [0.05, 0.1) is 13.1 Å². The Bertz CT molecular complexity index is 647. The lowest BCUT2D eigenvalue weighted by Crippen LogP contribution is -2.39. The lowest BCUT2D eigenvalue weighted by atomic mass is 10.3. The number of benzene rings is 1. The van der Waals surface area contributed by atoms with E-state index in [4.69, 9.17) is 4.74 Å². The van der Waals surface area contributed by atoms with Gasteiger partial charge in [-0.3, -0.25) is 0 Å². The summed E-state index contributed by atoms with van der Waals surface area (Å²) in [4.78, 5) is 14.0. The second-order valence-corrected chi connectivity index (χ2v) is 6.54. The highest BCUT2D eigenvalue weighted by Crippen LogP contribution is 2.18. The van der Waals surface area contributed by atoms with Crippen molar-refractivity contribution in [3.05, 3.63) is 40.3 Å². The molecule has 0 saturated carbocycles. The number of amides is 2. The van der Waals surface area contributed by atoms with Crippen molar-refractivity contribution in [3.8, 4) is 5.75 Å². The van der Waals surface area contributed by atoms with Crippen molar-refractivity contribution in [2.75, 3.05) is 13.1 Å². The van der Waals surface area contributed by atoms with E-state index in [0.29, 0.717) is 19.6 Å². The van der Waals surface area contributed by atoms with Gasteiger partial charge in [-0.15, -0.1) is 10.2 Å². The molecule has 1 saturated heterocycles. The van der Waals surface area contributed by atoms with Gasteiger partial charge >= 0.3 is 6.03 Å². The number of carbonyl (C=O) groups excluding carboxylic acids is 1. The number of nitrogens with one attached hydrogen (secondary N) is 1. The molecule has 6 nitrogen and oxygen atoms in total. The molecular weight excluding hydrogens is 312 g/mol. The molecule has 1 atom stereocenters. The van der Waals surface area contributed by atoms with E-state index in [1.807, 2.05) is 37.3 Å². The third kappa shape index (κ3) is 4.19. The average Bonchev–Trinajstić information content (AvgIpc) is 3.23. The number of hydrogen-bond acceptors (Lipinski definition) is 5. The zero-order valence-electron chi connectivity index (χ0n) is 13.1. The number of nitrogens with zero attached hydrogens (tertiary/aromatic N) is 3. The third-order valence-electron chi connectivity index (χ3n) is 3.68. The minimum Gasteiger partial charge on any atom is -0.489 e. The van der Waals surface area contributed by atoms with Crippen molar-refractivity contribution in [3.63, 3.8) is 0 Å². The Hall–Kier alpha value is -2.15. The largest absolute Gasteiger partial charge is 0.489 e. The van der Waals surface area contributed by atoms with Crippen LogP contribution in [0.3, 0.4) is 0 Å². The number of urea groups is 1. The van der Waals surface area contributed by atoms with Crippen molar-refractivity contribution in [1.29, 1.82) is 0 Å². The summed E-state index contributed by atoms with van der Waals surface area (Å²) in [5, 5.41) is 12.9. The van der Waals surface area contributed by atoms with Crippen molar-refractivity contribution >= 4 is 17.4 Å². The van der Waals surface area contributed by atoms with Crippen molar-refractivity contribution in [2.45, 2.75) is 32.4 Å². The van der Waals surface area contributed by atoms with Crippen LogP contribution in [0.25, 0.3) is 0 Å². The van der Waals surface area contributed by atoms with Crippen LogP contribution in [0.2, 0.25) is 0 Å². The Balaban J connectivity index is 1.45. The van der Waals surface area contributed by atoms with Crippen LogP contribution in [0, 0.1) is 0 Å². The van der Waals surface area contributed by atoms with Gasteiger partial charge in [-0.25, -0.2) is 4.79 Å². The highest BCUT2D eigenvalue weighted by molar-refractivity contribution is 7.11. The Labute approximate surface area is 139 Å². The summed E-state index contributed by atoms with van der Waals surface area (Å²) >= 11 is 1.54. The summed E-state index contributed by atoms with van der Waals surface area (Å²) in [6, 6.07) is 9.64. The summed E-state index contributed by atoms with van der Waals surface area (Å²) in [6.45, 7) is 3.79. The standard InChI is InChI=1S/C16H20N4O2S/c1-2-14-18-19-15(23-14)10-17-16(21)20-9-8-13(11-20)22-12-6-4-3-5-7-12/h3-7,13H,2,8-11H2,1H3,(H,17,21)/t13-/m1/s1. The molecule has 1 N–H and O–H groups in total. The zero-order valence-corrected chi connectivity index (χ0v) is 13.9. The average molecular weight is 332 g/mol. The van der Waals surface area contributed by atoms with E-state index < -0.39 is 0 Å². The molecule has 1 aliphatic heterocycles. The van der Waals surface area contributed by atoms with Gasteiger partial charge in [0.1, 0.15) is 21.9 Å². The molecule has 3 rings (SSSR count). The highest BCUT2D eigenvalue weighted by Gasteiger charge is 2.27. The number of rotatable bonds is 5. The van der Waals surface area contributed by atoms with Crippen LogP contribution in [0.4, 0.5) is 4.79 Å². The molecule has 122 valence electrons. The maximum atomic E-state index is 12.2. The van der Waals surface area contributed by atoms with Gasteiger partial charge in [-0.2, -0.15) is 0 Å². The highest BCUT2D eigenvalue weighted by atomic mass is 32.1. The molecule has 2 heterocycles. The van der Waals surface area contributed by atoms with Gasteiger partial charge in [0.2, 0.25) is 0 Å². The van der Waals surface area contributed by atoms with Crippen LogP contribution >= 0.6 is 11.3 Å². The fourth-order valence-electron chi connectivity index (χ4n) is 2.47. The molecule has 2 amide bonds. The van der Waals surface area contributed by atoms with E-state index in [-0.39, 0.29) is 12.1 Å². The van der Waals surface area contributed by atoms with Crippen molar-refractivity contribution < 1.29 is 9.53 Å². The Kier molecular flexibility index (Phi) is 5.07. The number of aromatic nitrogens is 2. The predicted octanol–water partition coefficient (Wildman–Crippen LogP) is 2.46. The summed E-state index contributed by atoms with van der Waals surface area (Å²) in [6.07, 6.45) is 1.77. The summed E-state index contributed by atoms with van der Waals surface area (Å²) in [7, 11) is 0. The van der Waals surface area contributed by atoms with Crippen molar-refractivity contribution in [1.82, 2.24) is 20.4 Å². The number of carbonyl (C=O) groups is 1. The SMILES string of the molecule is CCc1nnc(CNC(=O)N2CC[C@@H](Oc3ccccc3)C2)s1. The molecular formula is C16H20N4O2S. The lowest BCUT2D eigenvalue weighted by molar-refractivity contribution is 0.186. The first-order valence-corrected chi connectivity index (χ1v) is 8.62. The molecule has 0 radical (unpaired) electrons. The van der Waals surface area contributed by atoms with E-state index in [0.717, 1.165) is 28.6 Å². The van der Waals surface area contributed by atoms with E-state index in [1.54, 1.807) is 4.90 Å². The van der Waals surface area contributed by atoms with Crippen LogP contribution in [0.1, 0.15) is 23.4 Å². The van der Waals surface area contributed by atoms with Crippen LogP contribution < -0.4 is 10.1 Å². The zero-order chi connectivity index (χ0) is 16.1. The number of aryl methyl sites for hydroxylation is 1. The number of likely N-dealkylation sites (tertiary alicyclic amines) is 1. The topological polar surface area (TPSA) is 67.4 Å². The van der Waals surface area contributed by atoms with Crippen LogP contribution in [-0.4, -0.2) is 40.3 Å². The summed E-state index contributed by atoms with van der Waals surface area (Å²) < 4.78 is 5.89. The molecule has 1 aliphatic rings. The second-order valence-electron chi connectivity index (χ2n) is 5.39. The number of ether oxygens (including phenoxy) is 1. The van der Waals surface area contributed by atoms with E-state index >= 15 is 0 Å². The molecule has 0 bridgehead atoms. The molecule has 0 unspecified atom stereocenters. The van der Waals surface area contributed by atoms with Crippen LogP contribution in [0.5, 0.6) is 5.75 Å². The van der Waals surface area contributed by atoms with E-state index in [2.05, 4.69) is 15.5 Å². The molecule has 1 aromatic carbocycles. The first-order valence-electron chi connectivity index (χ1n) is 7.80. The quantitative estimate of drug-likeness (QED) is 0.913. The molecule has 1 aromatic heterocycles. The van der Waals surface area contributed by atoms with E-state index in [1.165, 1.54) is 11.3 Å². The predicted molar refractivity (Wildman–Crippen MR) is 88.6 cm³/mol. The normalized spacial score (nSPS) is 17.3. The lowest BCUT2D eigenvalue weighted by Gasteiger charge is -2.17. The maximum absolute atomic E-state index is 12.2. The Morgan fingerprint density at radius 3 is 2.87 bits per heavy atom. The molecule has 1 fully saturated rings. The van der Waals surface area contributed by atoms with Crippen LogP contribution in [-0.2, 0) is 13.0 Å². The van der Waals surface area contributed by atoms with Gasteiger partial charge in [0.25, 0.3) is 0 Å². The van der Waals surface area contributed by atoms with E-state index in [9.17, 15) is 4.79 Å². The Morgan fingerprint density at radius 2 is 2.13 bits per heavy atom. The van der Waals surface area contributed by atoms with Crippen molar-refractivity contribution in [2.24, 2.45) is 0 Å². The van der Waals surface area contributed by atoms with Crippen LogP contribution in [0.15, 0.2) is 30.3 Å². The molecule has 0 spiro atoms. The minimum atomic E-state index is -0.0718. The maximum Gasteiger partial charge on any atom is 0.317 e. The molecule has 0 aliphatic carbocycles. The molecule has 23 heavy (non-hydrogen) atoms. The molecule has 7 heteroatoms. The summed E-state index contributed by atoms with van der Waals surface area (Å²) in [5.41, 5.74) is 0. The fraction of sp³-hybridized carbons (Fsp3) is 0.438. The Morgan fingerprint density at radius 1 is 1.35 bits per heavy atom. The number of hydrogen-bond donors (Lipinski definition) is 1. The smallest absolute Gasteiger partial charge is 0.317 e. The minimum absolute atomic E-state index is 0.0522. The first-order chi connectivity index (χ1) is 11.2. The first kappa shape index (κ1) is 15.7. The monoisotopic (exact) mass is 332 g/mol.